The lowest BCUT2D eigenvalue weighted by atomic mass is 9.96. The molecule has 0 aliphatic rings. The van der Waals surface area contributed by atoms with Gasteiger partial charge in [-0.1, -0.05) is 115 Å². The van der Waals surface area contributed by atoms with E-state index in [1.165, 1.54) is 62.6 Å². The number of allylic oxidation sites excluding steroid dienone is 3. The summed E-state index contributed by atoms with van der Waals surface area (Å²) < 4.78 is 5.25. The lowest BCUT2D eigenvalue weighted by Crippen LogP contribution is -1.91. The van der Waals surface area contributed by atoms with Gasteiger partial charge in [-0.05, 0) is 101 Å². The van der Waals surface area contributed by atoms with Crippen LogP contribution in [0.1, 0.15) is 18.2 Å². The van der Waals surface area contributed by atoms with E-state index in [-0.39, 0.29) is 0 Å². The maximum Gasteiger partial charge on any atom is 0.0892 e. The molecule has 0 fully saturated rings. The van der Waals surface area contributed by atoms with Crippen LogP contribution in [0.25, 0.3) is 85.0 Å². The van der Waals surface area contributed by atoms with E-state index < -0.39 is 0 Å². The summed E-state index contributed by atoms with van der Waals surface area (Å²) in [6.07, 6.45) is 6.09. The van der Waals surface area contributed by atoms with Crippen molar-refractivity contribution in [1.82, 2.24) is 4.98 Å². The fourth-order valence-corrected chi connectivity index (χ4v) is 9.59. The van der Waals surface area contributed by atoms with Crippen LogP contribution in [0.15, 0.2) is 169 Å². The molecule has 0 N–H and O–H groups in total. The monoisotopic (exact) mass is 688 g/mol. The number of benzene rings is 6. The van der Waals surface area contributed by atoms with Crippen molar-refractivity contribution in [3.63, 3.8) is 0 Å². The predicted molar refractivity (Wildman–Crippen MR) is 224 cm³/mol. The molecule has 0 bridgehead atoms. The average molecular weight is 689 g/mol. The second-order valence-corrected chi connectivity index (χ2v) is 14.7. The molecular weight excluding hydrogens is 657 g/mol. The molecule has 0 saturated carbocycles. The number of thiophene rings is 2. The third-order valence-corrected chi connectivity index (χ3v) is 12.1. The van der Waals surface area contributed by atoms with Gasteiger partial charge in [-0.2, -0.15) is 0 Å². The lowest BCUT2D eigenvalue weighted by Gasteiger charge is -2.11. The highest BCUT2D eigenvalue weighted by atomic mass is 32.1. The standard InChI is InChI=1S/C47H32N2S2/c1-3-30(31-12-8-14-34(26-31)36-18-10-20-40-38-16-4-6-22-44(38)50-46(36)40)28-42(48-2)43-29-33(24-25-49-43)32-13-9-15-35(27-32)37-19-11-21-41-39-17-5-7-23-45(39)51-47(37)41/h3-29H,2H2,1H3/b30-3+,42-28-. The molecule has 0 spiro atoms. The van der Waals surface area contributed by atoms with Crippen molar-refractivity contribution in [2.24, 2.45) is 4.99 Å². The van der Waals surface area contributed by atoms with Gasteiger partial charge in [0.15, 0.2) is 0 Å². The molecule has 242 valence electrons. The summed E-state index contributed by atoms with van der Waals surface area (Å²) in [5.74, 6) is 0. The normalized spacial score (nSPS) is 12.3. The second kappa shape index (κ2) is 13.1. The molecule has 3 heterocycles. The van der Waals surface area contributed by atoms with Crippen molar-refractivity contribution in [3.05, 3.63) is 175 Å². The molecule has 4 heteroatoms. The van der Waals surface area contributed by atoms with Crippen LogP contribution in [-0.4, -0.2) is 11.7 Å². The Bertz CT molecular complexity index is 2850. The molecule has 6 aromatic carbocycles. The van der Waals surface area contributed by atoms with E-state index in [9.17, 15) is 0 Å². The number of hydrogen-bond donors (Lipinski definition) is 0. The van der Waals surface area contributed by atoms with Gasteiger partial charge in [-0.25, -0.2) is 0 Å². The summed E-state index contributed by atoms with van der Waals surface area (Å²) in [5, 5.41) is 5.23. The molecule has 0 aliphatic carbocycles. The van der Waals surface area contributed by atoms with Crippen LogP contribution in [0, 0.1) is 0 Å². The topological polar surface area (TPSA) is 25.2 Å². The maximum absolute atomic E-state index is 4.76. The molecule has 0 saturated heterocycles. The fraction of sp³-hybridized carbons (Fsp3) is 0.0213. The van der Waals surface area contributed by atoms with Crippen molar-refractivity contribution in [2.75, 3.05) is 0 Å². The number of aromatic nitrogens is 1. The molecule has 3 aromatic heterocycles. The van der Waals surface area contributed by atoms with Crippen LogP contribution in [0.2, 0.25) is 0 Å². The van der Waals surface area contributed by atoms with Crippen LogP contribution in [-0.2, 0) is 0 Å². The quantitative estimate of drug-likeness (QED) is 0.121. The highest BCUT2D eigenvalue weighted by Gasteiger charge is 2.14. The third kappa shape index (κ3) is 5.59. The van der Waals surface area contributed by atoms with Crippen LogP contribution < -0.4 is 0 Å². The smallest absolute Gasteiger partial charge is 0.0892 e. The van der Waals surface area contributed by atoms with E-state index in [1.807, 2.05) is 28.9 Å². The summed E-state index contributed by atoms with van der Waals surface area (Å²) >= 11 is 3.72. The first-order chi connectivity index (χ1) is 25.2. The largest absolute Gasteiger partial charge is 0.262 e. The van der Waals surface area contributed by atoms with E-state index in [0.29, 0.717) is 0 Å². The molecular formula is C47H32N2S2. The molecule has 0 aliphatic heterocycles. The van der Waals surface area contributed by atoms with Crippen LogP contribution in [0.3, 0.4) is 0 Å². The first-order valence-corrected chi connectivity index (χ1v) is 18.6. The fourth-order valence-electron chi connectivity index (χ4n) is 7.11. The number of aliphatic imine (C=N–C) groups is 1. The maximum atomic E-state index is 4.76. The number of fused-ring (bicyclic) bond motifs is 6. The zero-order valence-corrected chi connectivity index (χ0v) is 29.6. The highest BCUT2D eigenvalue weighted by Crippen LogP contribution is 2.42. The zero-order chi connectivity index (χ0) is 34.3. The molecule has 0 atom stereocenters. The minimum Gasteiger partial charge on any atom is -0.262 e. The minimum atomic E-state index is 0.730. The molecule has 0 unspecified atom stereocenters. The van der Waals surface area contributed by atoms with Gasteiger partial charge in [0.05, 0.1) is 11.4 Å². The minimum absolute atomic E-state index is 0.730. The first-order valence-electron chi connectivity index (χ1n) is 17.0. The number of hydrogen-bond acceptors (Lipinski definition) is 4. The number of nitrogens with zero attached hydrogens (tertiary/aromatic N) is 2. The van der Waals surface area contributed by atoms with E-state index in [2.05, 4.69) is 176 Å². The summed E-state index contributed by atoms with van der Waals surface area (Å²) in [6.45, 7) is 6.03. The number of rotatable bonds is 7. The first kappa shape index (κ1) is 31.1. The average Bonchev–Trinajstić information content (AvgIpc) is 3.77. The molecule has 51 heavy (non-hydrogen) atoms. The van der Waals surface area contributed by atoms with Gasteiger partial charge >= 0.3 is 0 Å². The predicted octanol–water partition coefficient (Wildman–Crippen LogP) is 14.0. The van der Waals surface area contributed by atoms with Crippen molar-refractivity contribution in [3.8, 4) is 33.4 Å². The van der Waals surface area contributed by atoms with Gasteiger partial charge in [0.1, 0.15) is 0 Å². The SMILES string of the molecule is C=N/C(=C\C(=C/C)c1cccc(-c2cccc3c2sc2ccccc23)c1)c1cc(-c2cccc(-c3cccc4c3sc3ccccc34)c2)ccn1. The van der Waals surface area contributed by atoms with E-state index in [0.717, 1.165) is 33.7 Å². The zero-order valence-electron chi connectivity index (χ0n) is 28.0. The van der Waals surface area contributed by atoms with Gasteiger partial charge in [-0.15, -0.1) is 22.7 Å². The summed E-state index contributed by atoms with van der Waals surface area (Å²) in [4.78, 5) is 9.24. The van der Waals surface area contributed by atoms with Gasteiger partial charge in [0, 0.05) is 46.5 Å². The van der Waals surface area contributed by atoms with Crippen molar-refractivity contribution >= 4 is 81.0 Å². The van der Waals surface area contributed by atoms with Gasteiger partial charge < -0.3 is 0 Å². The summed E-state index contributed by atoms with van der Waals surface area (Å²) in [6, 6.07) is 52.3. The lowest BCUT2D eigenvalue weighted by molar-refractivity contribution is 1.26. The third-order valence-electron chi connectivity index (χ3n) is 9.62. The Kier molecular flexibility index (Phi) is 7.96. The Morgan fingerprint density at radius 1 is 0.569 bits per heavy atom. The highest BCUT2D eigenvalue weighted by molar-refractivity contribution is 7.26. The van der Waals surface area contributed by atoms with E-state index >= 15 is 0 Å². The Morgan fingerprint density at radius 2 is 1.12 bits per heavy atom. The molecule has 0 amide bonds. The summed E-state index contributed by atoms with van der Waals surface area (Å²) in [5.41, 5.74) is 10.8. The summed E-state index contributed by atoms with van der Waals surface area (Å²) in [7, 11) is 0. The van der Waals surface area contributed by atoms with E-state index in [4.69, 9.17) is 4.98 Å². The van der Waals surface area contributed by atoms with Crippen LogP contribution in [0.5, 0.6) is 0 Å². The number of pyridine rings is 1. The van der Waals surface area contributed by atoms with Gasteiger partial charge in [0.2, 0.25) is 0 Å². The van der Waals surface area contributed by atoms with Gasteiger partial charge in [-0.3, -0.25) is 9.98 Å². The Hall–Kier alpha value is -5.94. The van der Waals surface area contributed by atoms with Gasteiger partial charge in [0.25, 0.3) is 0 Å². The Balaban J connectivity index is 1.06. The Labute approximate surface area is 305 Å². The molecule has 9 aromatic rings. The second-order valence-electron chi connectivity index (χ2n) is 12.6. The van der Waals surface area contributed by atoms with Crippen LogP contribution in [0.4, 0.5) is 0 Å². The van der Waals surface area contributed by atoms with Crippen molar-refractivity contribution in [1.29, 1.82) is 0 Å². The van der Waals surface area contributed by atoms with E-state index in [1.54, 1.807) is 0 Å². The van der Waals surface area contributed by atoms with Crippen molar-refractivity contribution in [2.45, 2.75) is 6.92 Å². The molecule has 9 rings (SSSR count). The van der Waals surface area contributed by atoms with Crippen molar-refractivity contribution < 1.29 is 0 Å². The van der Waals surface area contributed by atoms with Crippen LogP contribution >= 0.6 is 22.7 Å². The molecule has 2 nitrogen and oxygen atoms in total. The Morgan fingerprint density at radius 3 is 1.76 bits per heavy atom. The molecule has 0 radical (unpaired) electrons.